The second kappa shape index (κ2) is 5.01. The van der Waals surface area contributed by atoms with Crippen LogP contribution in [0.2, 0.25) is 0 Å². The van der Waals surface area contributed by atoms with E-state index < -0.39 is 28.0 Å². The largest absolute Gasteiger partial charge is 0.478 e. The molecule has 1 N–H and O–H groups in total. The number of carboxylic acid groups (broad SMARTS) is 1. The molecule has 0 aromatic heterocycles. The van der Waals surface area contributed by atoms with Gasteiger partial charge in [0.1, 0.15) is 11.6 Å². The van der Waals surface area contributed by atoms with E-state index in [-0.39, 0.29) is 22.8 Å². The van der Waals surface area contributed by atoms with Gasteiger partial charge in [0.2, 0.25) is 0 Å². The maximum Gasteiger partial charge on any atom is 0.339 e. The Bertz CT molecular complexity index is 851. The summed E-state index contributed by atoms with van der Waals surface area (Å²) in [7, 11) is 0. The molecule has 3 aliphatic carbocycles. The van der Waals surface area contributed by atoms with E-state index >= 15 is 0 Å². The molecule has 3 atom stereocenters. The predicted molar refractivity (Wildman–Crippen MR) is 90.2 cm³/mol. The van der Waals surface area contributed by atoms with Gasteiger partial charge >= 0.3 is 5.97 Å². The lowest BCUT2D eigenvalue weighted by atomic mass is 9.45. The minimum atomic E-state index is -1.22. The maximum atomic E-state index is 12.7. The third-order valence-electron chi connectivity index (χ3n) is 6.37. The van der Waals surface area contributed by atoms with Crippen LogP contribution in [0, 0.1) is 33.5 Å². The first-order valence-electron chi connectivity index (χ1n) is 8.38. The van der Waals surface area contributed by atoms with Gasteiger partial charge < -0.3 is 5.11 Å². The SMILES string of the molecule is CC12C=C(C(=O)O)C(=O)C=C1[C@@]1(C)C=C(C#N)C(=O)C(C)(C)[C@@H]1CC2. The van der Waals surface area contributed by atoms with Gasteiger partial charge in [-0.3, -0.25) is 9.59 Å². The quantitative estimate of drug-likeness (QED) is 0.741. The molecule has 5 heteroatoms. The summed E-state index contributed by atoms with van der Waals surface area (Å²) in [6.07, 6.45) is 6.05. The summed E-state index contributed by atoms with van der Waals surface area (Å²) in [5.41, 5.74) is -1.19. The molecule has 5 nitrogen and oxygen atoms in total. The number of Topliss-reactive ketones (excluding diaryl/α,β-unsaturated/α-hetero) is 1. The third kappa shape index (κ3) is 2.17. The van der Waals surface area contributed by atoms with E-state index in [0.717, 1.165) is 12.0 Å². The van der Waals surface area contributed by atoms with Gasteiger partial charge in [-0.25, -0.2) is 4.79 Å². The summed E-state index contributed by atoms with van der Waals surface area (Å²) in [5, 5.41) is 18.7. The van der Waals surface area contributed by atoms with Crippen LogP contribution in [0.3, 0.4) is 0 Å². The van der Waals surface area contributed by atoms with Crippen molar-refractivity contribution in [3.05, 3.63) is 34.9 Å². The molecule has 0 heterocycles. The van der Waals surface area contributed by atoms with Gasteiger partial charge in [-0.2, -0.15) is 5.26 Å². The Labute approximate surface area is 146 Å². The second-order valence-corrected chi connectivity index (χ2v) is 8.30. The highest BCUT2D eigenvalue weighted by molar-refractivity contribution is 6.22. The molecule has 25 heavy (non-hydrogen) atoms. The minimum absolute atomic E-state index is 0.0449. The molecule has 1 unspecified atom stereocenters. The number of ketones is 2. The van der Waals surface area contributed by atoms with E-state index in [2.05, 4.69) is 0 Å². The first kappa shape index (κ1) is 17.3. The third-order valence-corrected chi connectivity index (χ3v) is 6.37. The van der Waals surface area contributed by atoms with Crippen LogP contribution in [0.15, 0.2) is 34.9 Å². The van der Waals surface area contributed by atoms with Crippen LogP contribution < -0.4 is 0 Å². The van der Waals surface area contributed by atoms with Gasteiger partial charge in [0, 0.05) is 16.2 Å². The summed E-state index contributed by atoms with van der Waals surface area (Å²) in [6, 6.07) is 2.00. The highest BCUT2D eigenvalue weighted by atomic mass is 16.4. The van der Waals surface area contributed by atoms with Gasteiger partial charge in [0.05, 0.1) is 5.57 Å². The number of allylic oxidation sites excluding steroid dienone is 5. The zero-order valence-electron chi connectivity index (χ0n) is 14.8. The average Bonchev–Trinajstić information content (AvgIpc) is 2.52. The van der Waals surface area contributed by atoms with Gasteiger partial charge in [-0.15, -0.1) is 0 Å². The van der Waals surface area contributed by atoms with Crippen LogP contribution in [0.4, 0.5) is 0 Å². The number of hydrogen-bond donors (Lipinski definition) is 1. The Balaban J connectivity index is 2.24. The van der Waals surface area contributed by atoms with Crippen molar-refractivity contribution in [3.8, 4) is 6.07 Å². The van der Waals surface area contributed by atoms with Crippen LogP contribution in [0.25, 0.3) is 0 Å². The van der Waals surface area contributed by atoms with E-state index in [1.165, 1.54) is 6.08 Å². The van der Waals surface area contributed by atoms with Crippen molar-refractivity contribution in [3.63, 3.8) is 0 Å². The molecular formula is C20H21NO4. The Morgan fingerprint density at radius 3 is 2.44 bits per heavy atom. The Kier molecular flexibility index (Phi) is 3.48. The van der Waals surface area contributed by atoms with E-state index in [4.69, 9.17) is 0 Å². The topological polar surface area (TPSA) is 95.2 Å². The Morgan fingerprint density at radius 2 is 1.88 bits per heavy atom. The number of nitrogens with zero attached hydrogens (tertiary/aromatic N) is 1. The van der Waals surface area contributed by atoms with Crippen LogP contribution in [0.1, 0.15) is 40.5 Å². The summed E-state index contributed by atoms with van der Waals surface area (Å²) in [4.78, 5) is 36.4. The summed E-state index contributed by atoms with van der Waals surface area (Å²) in [6.45, 7) is 7.60. The smallest absolute Gasteiger partial charge is 0.339 e. The Morgan fingerprint density at radius 1 is 1.24 bits per heavy atom. The molecule has 0 bridgehead atoms. The molecule has 0 saturated heterocycles. The van der Waals surface area contributed by atoms with E-state index in [0.29, 0.717) is 6.42 Å². The standard InChI is InChI=1S/C20H21NO4/c1-18(2)14-5-6-19(3)9-12(17(24)25)13(22)7-15(19)20(14,4)8-11(10-21)16(18)23/h7-9,14H,5-6H2,1-4H3,(H,24,25)/t14-,19?,20-/m0/s1. The van der Waals surface area contributed by atoms with E-state index in [1.807, 2.05) is 33.8 Å². The number of hydrogen-bond acceptors (Lipinski definition) is 4. The second-order valence-electron chi connectivity index (χ2n) is 8.30. The minimum Gasteiger partial charge on any atom is -0.478 e. The van der Waals surface area contributed by atoms with Gasteiger partial charge in [-0.1, -0.05) is 39.8 Å². The van der Waals surface area contributed by atoms with E-state index in [1.54, 1.807) is 12.2 Å². The molecule has 0 aliphatic heterocycles. The fraction of sp³-hybridized carbons (Fsp3) is 0.500. The Hall–Kier alpha value is -2.48. The molecule has 130 valence electrons. The van der Waals surface area contributed by atoms with E-state index in [9.17, 15) is 24.8 Å². The van der Waals surface area contributed by atoms with Crippen molar-refractivity contribution in [1.29, 1.82) is 5.26 Å². The summed E-state index contributed by atoms with van der Waals surface area (Å²) < 4.78 is 0. The molecule has 0 radical (unpaired) electrons. The average molecular weight is 339 g/mol. The van der Waals surface area contributed by atoms with Gasteiger partial charge in [0.25, 0.3) is 0 Å². The van der Waals surface area contributed by atoms with Gasteiger partial charge in [-0.05, 0) is 30.4 Å². The molecule has 3 aliphatic rings. The number of rotatable bonds is 1. The zero-order valence-corrected chi connectivity index (χ0v) is 14.8. The van der Waals surface area contributed by atoms with Crippen LogP contribution in [-0.2, 0) is 14.4 Å². The lowest BCUT2D eigenvalue weighted by molar-refractivity contribution is -0.134. The molecule has 0 aromatic carbocycles. The highest BCUT2D eigenvalue weighted by Crippen LogP contribution is 2.63. The number of carbonyl (C=O) groups excluding carboxylic acids is 2. The number of carboxylic acids is 1. The van der Waals surface area contributed by atoms with Crippen LogP contribution >= 0.6 is 0 Å². The van der Waals surface area contributed by atoms with Gasteiger partial charge in [0.15, 0.2) is 11.6 Å². The molecular weight excluding hydrogens is 318 g/mol. The van der Waals surface area contributed by atoms with Crippen molar-refractivity contribution in [2.24, 2.45) is 22.2 Å². The van der Waals surface area contributed by atoms with Crippen molar-refractivity contribution in [2.75, 3.05) is 0 Å². The zero-order chi connectivity index (χ0) is 18.8. The number of aliphatic carboxylic acids is 1. The lowest BCUT2D eigenvalue weighted by Crippen LogP contribution is -2.53. The van der Waals surface area contributed by atoms with Crippen molar-refractivity contribution < 1.29 is 19.5 Å². The molecule has 1 fully saturated rings. The predicted octanol–water partition coefficient (Wildman–Crippen LogP) is 2.99. The number of fused-ring (bicyclic) bond motifs is 3. The molecule has 0 spiro atoms. The highest BCUT2D eigenvalue weighted by Gasteiger charge is 2.58. The maximum absolute atomic E-state index is 12.7. The first-order valence-corrected chi connectivity index (χ1v) is 8.38. The molecule has 0 amide bonds. The van der Waals surface area contributed by atoms with Crippen LogP contribution in [-0.4, -0.2) is 22.6 Å². The number of carbonyl (C=O) groups is 3. The van der Waals surface area contributed by atoms with Crippen LogP contribution in [0.5, 0.6) is 0 Å². The number of nitriles is 1. The van der Waals surface area contributed by atoms with Crippen molar-refractivity contribution in [1.82, 2.24) is 0 Å². The molecule has 1 saturated carbocycles. The summed E-state index contributed by atoms with van der Waals surface area (Å²) in [5.74, 6) is -1.95. The first-order chi connectivity index (χ1) is 11.5. The normalized spacial score (nSPS) is 36.3. The fourth-order valence-electron chi connectivity index (χ4n) is 5.16. The molecule has 0 aromatic rings. The molecule has 3 rings (SSSR count). The van der Waals surface area contributed by atoms with Crippen molar-refractivity contribution in [2.45, 2.75) is 40.5 Å². The summed E-state index contributed by atoms with van der Waals surface area (Å²) >= 11 is 0. The fourth-order valence-corrected chi connectivity index (χ4v) is 5.16. The monoisotopic (exact) mass is 339 g/mol. The van der Waals surface area contributed by atoms with Crippen molar-refractivity contribution >= 4 is 17.5 Å². The lowest BCUT2D eigenvalue weighted by Gasteiger charge is -2.57.